The summed E-state index contributed by atoms with van der Waals surface area (Å²) in [5.74, 6) is 0.333. The number of rotatable bonds is 9. The zero-order valence-corrected chi connectivity index (χ0v) is 19.7. The molecule has 1 atom stereocenters. The lowest BCUT2D eigenvalue weighted by Crippen LogP contribution is -2.54. The Labute approximate surface area is 186 Å². The van der Waals surface area contributed by atoms with Crippen LogP contribution in [0.1, 0.15) is 50.8 Å². The van der Waals surface area contributed by atoms with Crippen LogP contribution >= 0.6 is 0 Å². The van der Waals surface area contributed by atoms with Gasteiger partial charge in [0.25, 0.3) is 5.91 Å². The van der Waals surface area contributed by atoms with Crippen LogP contribution < -0.4 is 10.1 Å². The topological polar surface area (TPSA) is 58.6 Å². The fourth-order valence-corrected chi connectivity index (χ4v) is 3.38. The number of hydrogen-bond donors (Lipinski definition) is 1. The van der Waals surface area contributed by atoms with Crippen molar-refractivity contribution in [1.29, 1.82) is 0 Å². The third-order valence-corrected chi connectivity index (χ3v) is 5.21. The van der Waals surface area contributed by atoms with Gasteiger partial charge < -0.3 is 15.0 Å². The van der Waals surface area contributed by atoms with E-state index in [9.17, 15) is 9.59 Å². The van der Waals surface area contributed by atoms with E-state index < -0.39 is 6.04 Å². The molecule has 2 rings (SSSR count). The second kappa shape index (κ2) is 11.0. The van der Waals surface area contributed by atoms with E-state index in [2.05, 4.69) is 5.32 Å². The van der Waals surface area contributed by atoms with Gasteiger partial charge in [0.05, 0.1) is 0 Å². The number of benzene rings is 2. The van der Waals surface area contributed by atoms with E-state index in [0.717, 1.165) is 11.1 Å². The van der Waals surface area contributed by atoms with Gasteiger partial charge in [-0.1, -0.05) is 43.3 Å². The van der Waals surface area contributed by atoms with Gasteiger partial charge in [0.2, 0.25) is 5.91 Å². The van der Waals surface area contributed by atoms with E-state index in [1.165, 1.54) is 5.56 Å². The smallest absolute Gasteiger partial charge is 0.261 e. The van der Waals surface area contributed by atoms with E-state index in [1.807, 2.05) is 90.1 Å². The molecule has 1 N–H and O–H groups in total. The molecule has 0 aliphatic heterocycles. The summed E-state index contributed by atoms with van der Waals surface area (Å²) < 4.78 is 5.79. The van der Waals surface area contributed by atoms with E-state index in [1.54, 1.807) is 4.90 Å². The van der Waals surface area contributed by atoms with Crippen molar-refractivity contribution < 1.29 is 14.3 Å². The van der Waals surface area contributed by atoms with E-state index >= 15 is 0 Å². The van der Waals surface area contributed by atoms with Gasteiger partial charge in [-0.2, -0.15) is 0 Å². The molecule has 0 aliphatic rings. The van der Waals surface area contributed by atoms with Crippen molar-refractivity contribution in [2.24, 2.45) is 0 Å². The average Bonchev–Trinajstić information content (AvgIpc) is 2.71. The van der Waals surface area contributed by atoms with Crippen LogP contribution in [0.15, 0.2) is 48.5 Å². The largest absolute Gasteiger partial charge is 0.484 e. The second-order valence-electron chi connectivity index (χ2n) is 9.02. The first-order valence-corrected chi connectivity index (χ1v) is 11.0. The molecule has 2 aromatic carbocycles. The fraction of sp³-hybridized carbons (Fsp3) is 0.462. The summed E-state index contributed by atoms with van der Waals surface area (Å²) in [5, 5.41) is 3.02. The van der Waals surface area contributed by atoms with Crippen LogP contribution in [0.2, 0.25) is 0 Å². The predicted molar refractivity (Wildman–Crippen MR) is 125 cm³/mol. The Bertz CT molecular complexity index is 872. The van der Waals surface area contributed by atoms with Crippen LogP contribution in [0.3, 0.4) is 0 Å². The molecule has 5 heteroatoms. The molecule has 0 unspecified atom stereocenters. The Kier molecular flexibility index (Phi) is 8.66. The molecule has 0 saturated carbocycles. The molecule has 0 heterocycles. The molecule has 31 heavy (non-hydrogen) atoms. The molecule has 2 amide bonds. The van der Waals surface area contributed by atoms with Crippen molar-refractivity contribution in [2.75, 3.05) is 13.2 Å². The van der Waals surface area contributed by atoms with Crippen molar-refractivity contribution in [3.05, 3.63) is 65.2 Å². The van der Waals surface area contributed by atoms with Gasteiger partial charge in [-0.3, -0.25) is 9.59 Å². The minimum atomic E-state index is -0.543. The van der Waals surface area contributed by atoms with E-state index in [-0.39, 0.29) is 24.0 Å². The van der Waals surface area contributed by atoms with Crippen LogP contribution in [0.25, 0.3) is 0 Å². The number of nitrogens with zero attached hydrogens (tertiary/aromatic N) is 1. The number of ether oxygens (including phenoxy) is 1. The number of carbonyl (C=O) groups excluding carboxylic acids is 2. The highest BCUT2D eigenvalue weighted by atomic mass is 16.5. The Hall–Kier alpha value is -2.82. The summed E-state index contributed by atoms with van der Waals surface area (Å²) in [5.41, 5.74) is 3.05. The quantitative estimate of drug-likeness (QED) is 0.647. The summed E-state index contributed by atoms with van der Waals surface area (Å²) >= 11 is 0. The van der Waals surface area contributed by atoms with Gasteiger partial charge in [-0.25, -0.2) is 0 Å². The lowest BCUT2D eigenvalue weighted by molar-refractivity contribution is -0.142. The highest BCUT2D eigenvalue weighted by molar-refractivity contribution is 5.88. The Morgan fingerprint density at radius 1 is 1.03 bits per heavy atom. The van der Waals surface area contributed by atoms with Crippen LogP contribution in [0, 0.1) is 13.8 Å². The maximum atomic E-state index is 13.2. The first-order valence-electron chi connectivity index (χ1n) is 11.0. The summed E-state index contributed by atoms with van der Waals surface area (Å²) in [4.78, 5) is 27.8. The Morgan fingerprint density at radius 3 is 2.29 bits per heavy atom. The zero-order valence-electron chi connectivity index (χ0n) is 19.7. The van der Waals surface area contributed by atoms with Gasteiger partial charge in [-0.05, 0) is 76.3 Å². The summed E-state index contributed by atoms with van der Waals surface area (Å²) in [6.45, 7) is 12.2. The number of hydrogen-bond acceptors (Lipinski definition) is 3. The second-order valence-corrected chi connectivity index (χ2v) is 9.02. The van der Waals surface area contributed by atoms with Gasteiger partial charge in [0, 0.05) is 12.1 Å². The lowest BCUT2D eigenvalue weighted by atomic mass is 10.1. The van der Waals surface area contributed by atoms with Crippen molar-refractivity contribution >= 4 is 11.8 Å². The number of nitrogens with one attached hydrogen (secondary N) is 1. The molecule has 0 saturated heterocycles. The molecule has 168 valence electrons. The molecular weight excluding hydrogens is 388 g/mol. The normalized spacial score (nSPS) is 12.2. The summed E-state index contributed by atoms with van der Waals surface area (Å²) in [6, 6.07) is 15.2. The van der Waals surface area contributed by atoms with Crippen LogP contribution in [-0.2, 0) is 16.0 Å². The Morgan fingerprint density at radius 2 is 1.71 bits per heavy atom. The SMILES string of the molecule is CC[C@H](C(=O)NC(C)(C)C)N(CCc1ccccc1)C(=O)COc1ccc(C)c(C)c1. The zero-order chi connectivity index (χ0) is 23.0. The fourth-order valence-electron chi connectivity index (χ4n) is 3.38. The summed E-state index contributed by atoms with van der Waals surface area (Å²) in [7, 11) is 0. The molecule has 0 spiro atoms. The average molecular weight is 425 g/mol. The molecular formula is C26H36N2O3. The van der Waals surface area contributed by atoms with E-state index in [4.69, 9.17) is 4.74 Å². The van der Waals surface area contributed by atoms with Crippen molar-refractivity contribution in [3.63, 3.8) is 0 Å². The standard InChI is InChI=1S/C26H36N2O3/c1-7-23(25(30)27-26(4,5)6)28(16-15-21-11-9-8-10-12-21)24(29)18-31-22-14-13-19(2)20(3)17-22/h8-14,17,23H,7,15-16,18H2,1-6H3,(H,27,30)/t23-/m1/s1. The lowest BCUT2D eigenvalue weighted by Gasteiger charge is -2.33. The van der Waals surface area contributed by atoms with Gasteiger partial charge in [0.15, 0.2) is 6.61 Å². The summed E-state index contributed by atoms with van der Waals surface area (Å²) in [6.07, 6.45) is 1.21. The maximum absolute atomic E-state index is 13.2. The van der Waals surface area contributed by atoms with Crippen LogP contribution in [0.4, 0.5) is 0 Å². The first kappa shape index (κ1) is 24.4. The van der Waals surface area contributed by atoms with Gasteiger partial charge in [0.1, 0.15) is 11.8 Å². The highest BCUT2D eigenvalue weighted by Gasteiger charge is 2.30. The molecule has 0 fully saturated rings. The van der Waals surface area contributed by atoms with Gasteiger partial charge >= 0.3 is 0 Å². The minimum absolute atomic E-state index is 0.101. The van der Waals surface area contributed by atoms with E-state index in [0.29, 0.717) is 25.1 Å². The number of aryl methyl sites for hydroxylation is 2. The number of amides is 2. The predicted octanol–water partition coefficient (Wildman–Crippen LogP) is 4.45. The molecule has 0 aliphatic carbocycles. The highest BCUT2D eigenvalue weighted by Crippen LogP contribution is 2.17. The third kappa shape index (κ3) is 7.74. The molecule has 0 bridgehead atoms. The molecule has 2 aromatic rings. The van der Waals surface area contributed by atoms with Crippen molar-refractivity contribution in [3.8, 4) is 5.75 Å². The van der Waals surface area contributed by atoms with Crippen LogP contribution in [0.5, 0.6) is 5.75 Å². The van der Waals surface area contributed by atoms with Crippen molar-refractivity contribution in [1.82, 2.24) is 10.2 Å². The molecule has 0 radical (unpaired) electrons. The first-order chi connectivity index (χ1) is 14.6. The molecule has 5 nitrogen and oxygen atoms in total. The van der Waals surface area contributed by atoms with Crippen molar-refractivity contribution in [2.45, 2.75) is 66.0 Å². The third-order valence-electron chi connectivity index (χ3n) is 5.21. The minimum Gasteiger partial charge on any atom is -0.484 e. The molecule has 0 aromatic heterocycles. The number of carbonyl (C=O) groups is 2. The maximum Gasteiger partial charge on any atom is 0.261 e. The monoisotopic (exact) mass is 424 g/mol. The Balaban J connectivity index is 2.16. The van der Waals surface area contributed by atoms with Gasteiger partial charge in [-0.15, -0.1) is 0 Å². The van der Waals surface area contributed by atoms with Crippen LogP contribution in [-0.4, -0.2) is 41.4 Å².